The molecule has 0 unspecified atom stereocenters. The number of hydrogen-bond acceptors (Lipinski definition) is 4. The summed E-state index contributed by atoms with van der Waals surface area (Å²) < 4.78 is 4.58. The van der Waals surface area contributed by atoms with Crippen LogP contribution in [0.4, 0.5) is 11.6 Å². The van der Waals surface area contributed by atoms with Crippen LogP contribution in [0, 0.1) is 5.92 Å². The maximum absolute atomic E-state index is 13.6. The van der Waals surface area contributed by atoms with Crippen molar-refractivity contribution in [3.63, 3.8) is 0 Å². The lowest BCUT2D eigenvalue weighted by Crippen LogP contribution is -2.40. The van der Waals surface area contributed by atoms with Gasteiger partial charge in [0.1, 0.15) is 0 Å². The molecule has 4 aromatic rings. The smallest absolute Gasteiger partial charge is 0.312 e. The van der Waals surface area contributed by atoms with Crippen molar-refractivity contribution in [1.29, 1.82) is 0 Å². The van der Waals surface area contributed by atoms with Crippen molar-refractivity contribution >= 4 is 46.0 Å². The predicted molar refractivity (Wildman–Crippen MR) is 127 cm³/mol. The quantitative estimate of drug-likeness (QED) is 0.454. The molecule has 0 N–H and O–H groups in total. The second kappa shape index (κ2) is 7.83. The summed E-state index contributed by atoms with van der Waals surface area (Å²) in [4.78, 5) is 33.4. The fourth-order valence-corrected chi connectivity index (χ4v) is 4.60. The first-order chi connectivity index (χ1) is 15.3. The van der Waals surface area contributed by atoms with Gasteiger partial charge in [-0.2, -0.15) is 4.98 Å². The number of anilines is 2. The molecule has 3 heterocycles. The van der Waals surface area contributed by atoms with Crippen molar-refractivity contribution in [2.24, 2.45) is 13.0 Å². The Morgan fingerprint density at radius 3 is 2.47 bits per heavy atom. The number of halogens is 2. The molecule has 2 aromatic carbocycles. The molecule has 0 amide bonds. The van der Waals surface area contributed by atoms with Crippen LogP contribution in [0.3, 0.4) is 0 Å². The van der Waals surface area contributed by atoms with Crippen LogP contribution in [0.2, 0.25) is 10.0 Å². The Morgan fingerprint density at radius 1 is 1.03 bits per heavy atom. The minimum Gasteiger partial charge on any atom is -0.312 e. The van der Waals surface area contributed by atoms with Crippen LogP contribution in [0.5, 0.6) is 0 Å². The SMILES string of the molecule is C[C@H]1CN(c2ccc(Cl)cc2)c2nc3c(c(=O)n(Cc4ccccc4Cl)c(=O)n3C)n2C1. The molecule has 2 aromatic heterocycles. The summed E-state index contributed by atoms with van der Waals surface area (Å²) in [5.74, 6) is 0.909. The van der Waals surface area contributed by atoms with Gasteiger partial charge >= 0.3 is 5.69 Å². The van der Waals surface area contributed by atoms with Crippen LogP contribution in [-0.2, 0) is 20.1 Å². The van der Waals surface area contributed by atoms with Crippen LogP contribution >= 0.6 is 23.2 Å². The van der Waals surface area contributed by atoms with E-state index in [0.29, 0.717) is 39.3 Å². The molecule has 164 valence electrons. The molecule has 32 heavy (non-hydrogen) atoms. The molecule has 9 heteroatoms. The molecular formula is C23H21Cl2N5O2. The van der Waals surface area contributed by atoms with E-state index in [9.17, 15) is 9.59 Å². The van der Waals surface area contributed by atoms with E-state index in [1.165, 1.54) is 9.13 Å². The second-order valence-electron chi connectivity index (χ2n) is 8.21. The monoisotopic (exact) mass is 469 g/mol. The number of aromatic nitrogens is 4. The molecule has 5 rings (SSSR count). The molecule has 0 radical (unpaired) electrons. The Hall–Kier alpha value is -3.03. The van der Waals surface area contributed by atoms with E-state index in [1.807, 2.05) is 47.0 Å². The van der Waals surface area contributed by atoms with E-state index < -0.39 is 5.69 Å². The van der Waals surface area contributed by atoms with Crippen LogP contribution in [0.25, 0.3) is 11.2 Å². The molecule has 0 saturated carbocycles. The Kier molecular flexibility index (Phi) is 5.10. The van der Waals surface area contributed by atoms with Gasteiger partial charge in [-0.1, -0.05) is 48.3 Å². The van der Waals surface area contributed by atoms with Crippen molar-refractivity contribution < 1.29 is 0 Å². The highest BCUT2D eigenvalue weighted by molar-refractivity contribution is 6.31. The number of rotatable bonds is 3. The molecule has 0 bridgehead atoms. The number of imidazole rings is 1. The fraction of sp³-hybridized carbons (Fsp3) is 0.261. The highest BCUT2D eigenvalue weighted by Gasteiger charge is 2.29. The zero-order valence-electron chi connectivity index (χ0n) is 17.6. The van der Waals surface area contributed by atoms with Crippen molar-refractivity contribution in [3.05, 3.63) is 85.0 Å². The molecule has 1 aliphatic rings. The minimum atomic E-state index is -0.427. The topological polar surface area (TPSA) is 65.1 Å². The zero-order chi connectivity index (χ0) is 22.6. The molecule has 0 saturated heterocycles. The van der Waals surface area contributed by atoms with Gasteiger partial charge in [0, 0.05) is 35.9 Å². The normalized spacial score (nSPS) is 15.9. The lowest BCUT2D eigenvalue weighted by atomic mass is 10.1. The van der Waals surface area contributed by atoms with Crippen LogP contribution in [0.15, 0.2) is 58.1 Å². The third-order valence-corrected chi connectivity index (χ3v) is 6.49. The Labute approximate surface area is 194 Å². The first kappa shape index (κ1) is 20.8. The highest BCUT2D eigenvalue weighted by Crippen LogP contribution is 2.33. The van der Waals surface area contributed by atoms with Crippen LogP contribution < -0.4 is 16.1 Å². The summed E-state index contributed by atoms with van der Waals surface area (Å²) in [6.45, 7) is 3.60. The Morgan fingerprint density at radius 2 is 1.75 bits per heavy atom. The maximum Gasteiger partial charge on any atom is 0.332 e. The Bertz CT molecular complexity index is 1450. The van der Waals surface area contributed by atoms with Gasteiger partial charge in [0.25, 0.3) is 5.56 Å². The first-order valence-corrected chi connectivity index (χ1v) is 11.1. The van der Waals surface area contributed by atoms with E-state index >= 15 is 0 Å². The van der Waals surface area contributed by atoms with E-state index in [1.54, 1.807) is 13.1 Å². The predicted octanol–water partition coefficient (Wildman–Crippen LogP) is 4.04. The van der Waals surface area contributed by atoms with Gasteiger partial charge < -0.3 is 9.47 Å². The first-order valence-electron chi connectivity index (χ1n) is 10.3. The molecule has 0 fully saturated rings. The molecule has 7 nitrogen and oxygen atoms in total. The van der Waals surface area contributed by atoms with Gasteiger partial charge in [-0.05, 0) is 41.8 Å². The van der Waals surface area contributed by atoms with E-state index in [4.69, 9.17) is 28.2 Å². The third-order valence-electron chi connectivity index (χ3n) is 5.87. The van der Waals surface area contributed by atoms with Gasteiger partial charge in [0.05, 0.1) is 6.54 Å². The lowest BCUT2D eigenvalue weighted by molar-refractivity contribution is 0.458. The largest absolute Gasteiger partial charge is 0.332 e. The lowest BCUT2D eigenvalue weighted by Gasteiger charge is -2.33. The number of fused-ring (bicyclic) bond motifs is 3. The average Bonchev–Trinajstić information content (AvgIpc) is 3.16. The maximum atomic E-state index is 13.6. The van der Waals surface area contributed by atoms with Crippen molar-refractivity contribution in [1.82, 2.24) is 18.7 Å². The van der Waals surface area contributed by atoms with E-state index in [0.717, 1.165) is 12.2 Å². The fourth-order valence-electron chi connectivity index (χ4n) is 4.28. The van der Waals surface area contributed by atoms with E-state index in [-0.39, 0.29) is 18.0 Å². The summed E-state index contributed by atoms with van der Waals surface area (Å²) in [6, 6.07) is 14.7. The van der Waals surface area contributed by atoms with Crippen molar-refractivity contribution in [2.75, 3.05) is 11.4 Å². The average molecular weight is 470 g/mol. The number of nitrogens with zero attached hydrogens (tertiary/aromatic N) is 5. The molecule has 1 atom stereocenters. The third kappa shape index (κ3) is 3.32. The molecule has 0 aliphatic carbocycles. The second-order valence-corrected chi connectivity index (χ2v) is 9.05. The zero-order valence-corrected chi connectivity index (χ0v) is 19.1. The van der Waals surface area contributed by atoms with Gasteiger partial charge in [-0.3, -0.25) is 13.9 Å². The summed E-state index contributed by atoms with van der Waals surface area (Å²) in [6.07, 6.45) is 0. The summed E-state index contributed by atoms with van der Waals surface area (Å²) >= 11 is 12.4. The highest BCUT2D eigenvalue weighted by atomic mass is 35.5. The summed E-state index contributed by atoms with van der Waals surface area (Å²) in [7, 11) is 1.64. The molecular weight excluding hydrogens is 449 g/mol. The van der Waals surface area contributed by atoms with Crippen molar-refractivity contribution in [2.45, 2.75) is 20.0 Å². The number of hydrogen-bond donors (Lipinski definition) is 0. The minimum absolute atomic E-state index is 0.0953. The van der Waals surface area contributed by atoms with Gasteiger partial charge in [-0.25, -0.2) is 4.79 Å². The van der Waals surface area contributed by atoms with Crippen molar-refractivity contribution in [3.8, 4) is 0 Å². The summed E-state index contributed by atoms with van der Waals surface area (Å²) in [5.41, 5.74) is 1.63. The standard InChI is InChI=1S/C23H21Cl2N5O2/c1-14-11-28(17-9-7-16(24)8-10-17)22-26-20-19(29(22)12-14)21(31)30(23(32)27(20)2)13-15-5-3-4-6-18(15)25/h3-10,14H,11-13H2,1-2H3/t14-/m0/s1. The number of benzene rings is 2. The van der Waals surface area contributed by atoms with Gasteiger partial charge in [-0.15, -0.1) is 0 Å². The Balaban J connectivity index is 1.73. The molecule has 1 aliphatic heterocycles. The van der Waals surface area contributed by atoms with Crippen LogP contribution in [0.1, 0.15) is 12.5 Å². The van der Waals surface area contributed by atoms with Gasteiger partial charge in [0.2, 0.25) is 5.95 Å². The van der Waals surface area contributed by atoms with E-state index in [2.05, 4.69) is 11.8 Å². The van der Waals surface area contributed by atoms with Gasteiger partial charge in [0.15, 0.2) is 11.2 Å². The van der Waals surface area contributed by atoms with Crippen LogP contribution in [-0.4, -0.2) is 25.2 Å². The molecule has 0 spiro atoms. The number of aryl methyl sites for hydroxylation is 1. The summed E-state index contributed by atoms with van der Waals surface area (Å²) in [5, 5.41) is 1.16.